The zero-order valence-electron chi connectivity index (χ0n) is 22.5. The Labute approximate surface area is 228 Å². The van der Waals surface area contributed by atoms with E-state index in [0.717, 1.165) is 44.9 Å². The summed E-state index contributed by atoms with van der Waals surface area (Å²) in [7, 11) is 0. The number of aromatic carboxylic acids is 1. The van der Waals surface area contributed by atoms with Gasteiger partial charge >= 0.3 is 23.9 Å². The molecule has 0 aromatic heterocycles. The van der Waals surface area contributed by atoms with Gasteiger partial charge in [0.1, 0.15) is 0 Å². The van der Waals surface area contributed by atoms with E-state index in [4.69, 9.17) is 0 Å². The fourth-order valence-corrected chi connectivity index (χ4v) is 2.41. The summed E-state index contributed by atoms with van der Waals surface area (Å²) in [4.78, 5) is 20.4. The molecule has 194 valence electrons. The van der Waals surface area contributed by atoms with E-state index in [2.05, 4.69) is 41.5 Å². The molecule has 4 nitrogen and oxygen atoms in total. The van der Waals surface area contributed by atoms with Crippen LogP contribution < -0.4 is 10.2 Å². The van der Waals surface area contributed by atoms with Crippen LogP contribution in [0.15, 0.2) is 24.3 Å². The first-order valence-electron chi connectivity index (χ1n) is 12.9. The van der Waals surface area contributed by atoms with Gasteiger partial charge in [-0.05, 0) is 36.8 Å². The van der Waals surface area contributed by atoms with Gasteiger partial charge in [0.15, 0.2) is 0 Å². The smallest absolute Gasteiger partial charge is 0.550 e. The van der Waals surface area contributed by atoms with E-state index in [0.29, 0.717) is 0 Å². The summed E-state index contributed by atoms with van der Waals surface area (Å²) in [5.41, 5.74) is 1.44. The van der Waals surface area contributed by atoms with Crippen molar-refractivity contribution in [1.29, 1.82) is 0 Å². The van der Waals surface area contributed by atoms with Crippen molar-refractivity contribution in [2.24, 2.45) is 0 Å². The van der Waals surface area contributed by atoms with Gasteiger partial charge in [0.05, 0.1) is 5.97 Å². The molecular formula is C29H50O4Sn. The second kappa shape index (κ2) is 34.1. The van der Waals surface area contributed by atoms with Crippen LogP contribution in [0.1, 0.15) is 134 Å². The third-order valence-electron chi connectivity index (χ3n) is 4.70. The summed E-state index contributed by atoms with van der Waals surface area (Å²) in [5, 5.41) is 20.4. The quantitative estimate of drug-likeness (QED) is 0.196. The Balaban J connectivity index is -0.000000198. The van der Waals surface area contributed by atoms with Crippen LogP contribution in [-0.2, 0) is 11.2 Å². The fraction of sp³-hybridized carbons (Fsp3) is 0.655. The predicted molar refractivity (Wildman–Crippen MR) is 143 cm³/mol. The fourth-order valence-electron chi connectivity index (χ4n) is 2.41. The number of aryl methyl sites for hydroxylation is 1. The number of rotatable bonds is 14. The van der Waals surface area contributed by atoms with Crippen molar-refractivity contribution >= 4 is 35.8 Å². The molecule has 0 bridgehead atoms. The summed E-state index contributed by atoms with van der Waals surface area (Å²) in [6, 6.07) is 6.89. The zero-order valence-corrected chi connectivity index (χ0v) is 25.3. The molecule has 0 unspecified atom stereocenters. The molecule has 0 spiro atoms. The molecule has 0 aliphatic carbocycles. The molecule has 4 radical (unpaired) electrons. The van der Waals surface area contributed by atoms with Crippen LogP contribution in [0.4, 0.5) is 0 Å². The van der Waals surface area contributed by atoms with Crippen molar-refractivity contribution in [2.75, 3.05) is 0 Å². The van der Waals surface area contributed by atoms with Crippen molar-refractivity contribution in [2.45, 2.75) is 124 Å². The van der Waals surface area contributed by atoms with Gasteiger partial charge in [0, 0.05) is 5.97 Å². The van der Waals surface area contributed by atoms with Crippen LogP contribution in [0, 0.1) is 13.8 Å². The summed E-state index contributed by atoms with van der Waals surface area (Å²) < 4.78 is 0. The largest absolute Gasteiger partial charge is 2.00 e. The van der Waals surface area contributed by atoms with Crippen molar-refractivity contribution < 1.29 is 19.8 Å². The van der Waals surface area contributed by atoms with Gasteiger partial charge in [-0.2, -0.15) is 0 Å². The number of unbranched alkanes of at least 4 members (excludes halogenated alkanes) is 9. The number of aliphatic carboxylic acids is 1. The Morgan fingerprint density at radius 3 is 1.44 bits per heavy atom. The summed E-state index contributed by atoms with van der Waals surface area (Å²) >= 11 is 0. The van der Waals surface area contributed by atoms with Gasteiger partial charge in [0.2, 0.25) is 0 Å². The van der Waals surface area contributed by atoms with E-state index in [-0.39, 0.29) is 35.9 Å². The van der Waals surface area contributed by atoms with E-state index in [1.54, 1.807) is 12.1 Å². The topological polar surface area (TPSA) is 80.3 Å². The van der Waals surface area contributed by atoms with Crippen LogP contribution in [0.2, 0.25) is 0 Å². The normalized spacial score (nSPS) is 9.12. The van der Waals surface area contributed by atoms with Crippen molar-refractivity contribution in [1.82, 2.24) is 0 Å². The molecule has 5 heteroatoms. The molecule has 0 fully saturated rings. The number of carboxylic acid groups (broad SMARTS) is 2. The van der Waals surface area contributed by atoms with Gasteiger partial charge in [-0.25, -0.2) is 0 Å². The minimum Gasteiger partial charge on any atom is -0.550 e. The standard InChI is InChI=1S/C11H14O2.C10H20O2.2C4H9.Sn/c1-2-3-4-9-5-7-10(8-6-9)11(12)13;1-2-3-4-5-6-7-8-9-10(11)12;2*1-3-4-2;/h5-8H,2-4H2,1H3,(H,12,13);2-9H2,1H3,(H,11,12);2*1,3-4H2,2H3;/q;;;;+2/p-2. The van der Waals surface area contributed by atoms with Gasteiger partial charge in [0.25, 0.3) is 0 Å². The summed E-state index contributed by atoms with van der Waals surface area (Å²) in [6.45, 7) is 15.8. The molecule has 0 saturated heterocycles. The summed E-state index contributed by atoms with van der Waals surface area (Å²) in [5.74, 6) is -2.02. The Morgan fingerprint density at radius 1 is 0.676 bits per heavy atom. The van der Waals surface area contributed by atoms with Gasteiger partial charge in [-0.1, -0.05) is 136 Å². The Morgan fingerprint density at radius 2 is 1.09 bits per heavy atom. The zero-order chi connectivity index (χ0) is 25.7. The number of carbonyl (C=O) groups excluding carboxylic acids is 2. The van der Waals surface area contributed by atoms with Gasteiger partial charge < -0.3 is 19.8 Å². The third-order valence-corrected chi connectivity index (χ3v) is 4.70. The maximum absolute atomic E-state index is 10.4. The molecular weight excluding hydrogens is 531 g/mol. The molecule has 0 amide bonds. The van der Waals surface area contributed by atoms with E-state index in [1.165, 1.54) is 50.5 Å². The Bertz CT molecular complexity index is 521. The molecule has 1 rings (SSSR count). The van der Waals surface area contributed by atoms with Crippen LogP contribution in [-0.4, -0.2) is 35.8 Å². The number of benzene rings is 1. The van der Waals surface area contributed by atoms with Crippen LogP contribution in [0.5, 0.6) is 0 Å². The molecule has 0 saturated carbocycles. The minimum absolute atomic E-state index is 0. The van der Waals surface area contributed by atoms with Crippen LogP contribution in [0.3, 0.4) is 0 Å². The van der Waals surface area contributed by atoms with E-state index in [9.17, 15) is 19.8 Å². The molecule has 34 heavy (non-hydrogen) atoms. The first-order chi connectivity index (χ1) is 15.8. The van der Waals surface area contributed by atoms with Crippen LogP contribution in [0.25, 0.3) is 0 Å². The molecule has 1 aromatic carbocycles. The number of hydrogen-bond donors (Lipinski definition) is 0. The summed E-state index contributed by atoms with van der Waals surface area (Å²) in [6.07, 6.45) is 16.2. The molecule has 0 heterocycles. The third kappa shape index (κ3) is 35.5. The van der Waals surface area contributed by atoms with Crippen molar-refractivity contribution in [3.63, 3.8) is 0 Å². The van der Waals surface area contributed by atoms with Gasteiger partial charge in [-0.15, -0.1) is 0 Å². The minimum atomic E-state index is -1.11. The molecule has 0 N–H and O–H groups in total. The SMILES string of the molecule is CCCCCCCCCC(=O)[O-].CCCCc1ccc(C(=O)[O-])cc1.[CH2]CCC.[CH2]CCC.[Sn+2]. The maximum atomic E-state index is 10.4. The monoisotopic (exact) mass is 582 g/mol. The first-order valence-corrected chi connectivity index (χ1v) is 12.9. The van der Waals surface area contributed by atoms with E-state index in [1.807, 2.05) is 12.1 Å². The second-order valence-electron chi connectivity index (χ2n) is 8.04. The molecule has 0 atom stereocenters. The average Bonchev–Trinajstić information content (AvgIpc) is 2.83. The number of hydrogen-bond acceptors (Lipinski definition) is 4. The molecule has 0 aliphatic rings. The predicted octanol–water partition coefficient (Wildman–Crippen LogP) is 6.13. The second-order valence-corrected chi connectivity index (χ2v) is 8.04. The van der Waals surface area contributed by atoms with Crippen molar-refractivity contribution in [3.05, 3.63) is 49.2 Å². The maximum Gasteiger partial charge on any atom is 2.00 e. The van der Waals surface area contributed by atoms with E-state index < -0.39 is 11.9 Å². The van der Waals surface area contributed by atoms with Crippen LogP contribution >= 0.6 is 0 Å². The number of carbonyl (C=O) groups is 2. The average molecular weight is 581 g/mol. The molecule has 1 aromatic rings. The van der Waals surface area contributed by atoms with Crippen molar-refractivity contribution in [3.8, 4) is 0 Å². The van der Waals surface area contributed by atoms with Gasteiger partial charge in [-0.3, -0.25) is 0 Å². The Hall–Kier alpha value is -1.04. The number of carboxylic acids is 2. The Kier molecular flexibility index (Phi) is 40.3. The van der Waals surface area contributed by atoms with E-state index >= 15 is 0 Å². The first kappa shape index (κ1) is 40.1. The molecule has 0 aliphatic heterocycles.